The van der Waals surface area contributed by atoms with Crippen LogP contribution in [0.4, 0.5) is 10.3 Å². The van der Waals surface area contributed by atoms with Gasteiger partial charge in [-0.2, -0.15) is 0 Å². The lowest BCUT2D eigenvalue weighted by atomic mass is 10.1. The minimum atomic E-state index is -0.303. The first-order valence-electron chi connectivity index (χ1n) is 7.11. The van der Waals surface area contributed by atoms with Gasteiger partial charge in [0.15, 0.2) is 0 Å². The lowest BCUT2D eigenvalue weighted by molar-refractivity contribution is 0.522. The molecule has 0 atom stereocenters. The van der Waals surface area contributed by atoms with E-state index in [2.05, 4.69) is 27.8 Å². The maximum atomic E-state index is 13.7. The summed E-state index contributed by atoms with van der Waals surface area (Å²) in [6.45, 7) is 3.23. The number of nitrogens with zero attached hydrogens (tertiary/aromatic N) is 4. The van der Waals surface area contributed by atoms with Crippen LogP contribution < -0.4 is 5.32 Å². The second-order valence-corrected chi connectivity index (χ2v) is 4.82. The molecule has 2 aromatic heterocycles. The molecule has 6 nitrogen and oxygen atoms in total. The van der Waals surface area contributed by atoms with Crippen molar-refractivity contribution in [3.05, 3.63) is 48.0 Å². The molecule has 0 aliphatic rings. The van der Waals surface area contributed by atoms with E-state index in [0.717, 1.165) is 13.0 Å². The fourth-order valence-electron chi connectivity index (χ4n) is 2.14. The van der Waals surface area contributed by atoms with Crippen LogP contribution in [0.15, 0.2) is 40.8 Å². The molecular weight excluding hydrogens is 285 g/mol. The molecule has 0 fully saturated rings. The second-order valence-electron chi connectivity index (χ2n) is 4.82. The Morgan fingerprint density at radius 1 is 1.23 bits per heavy atom. The number of hydrogen-bond donors (Lipinski definition) is 1. The van der Waals surface area contributed by atoms with Crippen LogP contribution in [-0.4, -0.2) is 20.2 Å². The average molecular weight is 301 g/mol. The van der Waals surface area contributed by atoms with Gasteiger partial charge in [0.05, 0.1) is 12.1 Å². The third-order valence-electron chi connectivity index (χ3n) is 3.19. The van der Waals surface area contributed by atoms with Crippen LogP contribution in [0.5, 0.6) is 0 Å². The van der Waals surface area contributed by atoms with Crippen molar-refractivity contribution in [2.24, 2.45) is 0 Å². The number of benzene rings is 1. The first kappa shape index (κ1) is 14.2. The van der Waals surface area contributed by atoms with E-state index in [1.54, 1.807) is 28.9 Å². The molecule has 0 amide bonds. The summed E-state index contributed by atoms with van der Waals surface area (Å²) in [7, 11) is 0. The molecule has 0 spiro atoms. The molecule has 3 rings (SSSR count). The maximum Gasteiger partial charge on any atom is 0.243 e. The molecule has 0 unspecified atom stereocenters. The van der Waals surface area contributed by atoms with E-state index in [1.807, 2.05) is 6.07 Å². The quantitative estimate of drug-likeness (QED) is 0.757. The van der Waals surface area contributed by atoms with Crippen molar-refractivity contribution in [1.82, 2.24) is 20.2 Å². The standard InChI is InChI=1S/C15H16FN5O/c1-2-9-21-15(18-19-20-21)17-10-11-7-8-14(22-11)12-5-3-4-6-13(12)16/h3-8H,2,9-10H2,1H3,(H,17,18,20). The number of nitrogens with one attached hydrogen (secondary N) is 1. The number of furan rings is 1. The van der Waals surface area contributed by atoms with Gasteiger partial charge in [0.2, 0.25) is 5.95 Å². The highest BCUT2D eigenvalue weighted by molar-refractivity contribution is 5.58. The van der Waals surface area contributed by atoms with Gasteiger partial charge in [-0.3, -0.25) is 0 Å². The van der Waals surface area contributed by atoms with Gasteiger partial charge in [-0.05, 0) is 41.1 Å². The van der Waals surface area contributed by atoms with Crippen molar-refractivity contribution in [3.63, 3.8) is 0 Å². The first-order valence-corrected chi connectivity index (χ1v) is 7.11. The summed E-state index contributed by atoms with van der Waals surface area (Å²) in [5.74, 6) is 1.47. The van der Waals surface area contributed by atoms with Crippen molar-refractivity contribution in [2.45, 2.75) is 26.4 Å². The van der Waals surface area contributed by atoms with Gasteiger partial charge in [-0.25, -0.2) is 9.07 Å². The van der Waals surface area contributed by atoms with Crippen LogP contribution in [0.1, 0.15) is 19.1 Å². The summed E-state index contributed by atoms with van der Waals surface area (Å²) in [4.78, 5) is 0. The lowest BCUT2D eigenvalue weighted by Crippen LogP contribution is -2.08. The normalized spacial score (nSPS) is 10.8. The zero-order valence-corrected chi connectivity index (χ0v) is 12.2. The summed E-state index contributed by atoms with van der Waals surface area (Å²) >= 11 is 0. The molecule has 1 aromatic carbocycles. The Hall–Kier alpha value is -2.70. The van der Waals surface area contributed by atoms with E-state index in [9.17, 15) is 4.39 Å². The van der Waals surface area contributed by atoms with Gasteiger partial charge in [-0.15, -0.1) is 0 Å². The number of halogens is 1. The monoisotopic (exact) mass is 301 g/mol. The number of aryl methyl sites for hydroxylation is 1. The highest BCUT2D eigenvalue weighted by Crippen LogP contribution is 2.25. The minimum absolute atomic E-state index is 0.303. The second kappa shape index (κ2) is 6.38. The van der Waals surface area contributed by atoms with Crippen molar-refractivity contribution in [1.29, 1.82) is 0 Å². The summed E-state index contributed by atoms with van der Waals surface area (Å²) in [5.41, 5.74) is 0.449. The number of rotatable bonds is 6. The molecule has 0 saturated carbocycles. The Labute approximate surface area is 126 Å². The van der Waals surface area contributed by atoms with Crippen LogP contribution >= 0.6 is 0 Å². The van der Waals surface area contributed by atoms with Crippen molar-refractivity contribution < 1.29 is 8.81 Å². The third kappa shape index (κ3) is 2.98. The van der Waals surface area contributed by atoms with Crippen molar-refractivity contribution >= 4 is 5.95 Å². The van der Waals surface area contributed by atoms with Gasteiger partial charge in [-0.1, -0.05) is 24.2 Å². The fraction of sp³-hybridized carbons (Fsp3) is 0.267. The molecule has 0 aliphatic carbocycles. The summed E-state index contributed by atoms with van der Waals surface area (Å²) < 4.78 is 21.1. The zero-order chi connectivity index (χ0) is 15.4. The molecule has 22 heavy (non-hydrogen) atoms. The SMILES string of the molecule is CCCn1nnnc1NCc1ccc(-c2ccccc2F)o1. The highest BCUT2D eigenvalue weighted by atomic mass is 19.1. The molecule has 7 heteroatoms. The van der Waals surface area contributed by atoms with Crippen LogP contribution in [-0.2, 0) is 13.1 Å². The molecule has 1 N–H and O–H groups in total. The van der Waals surface area contributed by atoms with Crippen LogP contribution in [0.25, 0.3) is 11.3 Å². The van der Waals surface area contributed by atoms with Crippen LogP contribution in [0.3, 0.4) is 0 Å². The minimum Gasteiger partial charge on any atom is -0.459 e. The van der Waals surface area contributed by atoms with Crippen LogP contribution in [0, 0.1) is 5.82 Å². The smallest absolute Gasteiger partial charge is 0.243 e. The fourth-order valence-corrected chi connectivity index (χ4v) is 2.14. The lowest BCUT2D eigenvalue weighted by Gasteiger charge is -2.04. The van der Waals surface area contributed by atoms with E-state index in [-0.39, 0.29) is 5.82 Å². The molecule has 114 valence electrons. The van der Waals surface area contributed by atoms with E-state index in [1.165, 1.54) is 6.07 Å². The van der Waals surface area contributed by atoms with E-state index in [0.29, 0.717) is 29.6 Å². The van der Waals surface area contributed by atoms with E-state index in [4.69, 9.17) is 4.42 Å². The Bertz CT molecular complexity index is 752. The van der Waals surface area contributed by atoms with E-state index < -0.39 is 0 Å². The van der Waals surface area contributed by atoms with Crippen molar-refractivity contribution in [3.8, 4) is 11.3 Å². The Morgan fingerprint density at radius 2 is 2.09 bits per heavy atom. The number of hydrogen-bond acceptors (Lipinski definition) is 5. The van der Waals surface area contributed by atoms with Gasteiger partial charge in [0, 0.05) is 6.54 Å². The Balaban J connectivity index is 1.70. The third-order valence-corrected chi connectivity index (χ3v) is 3.19. The van der Waals surface area contributed by atoms with Gasteiger partial charge in [0.1, 0.15) is 17.3 Å². The summed E-state index contributed by atoms with van der Waals surface area (Å²) in [6.07, 6.45) is 0.942. The van der Waals surface area contributed by atoms with Gasteiger partial charge < -0.3 is 9.73 Å². The molecular formula is C15H16FN5O. The Kier molecular flexibility index (Phi) is 4.13. The average Bonchev–Trinajstić information content (AvgIpc) is 3.15. The number of anilines is 1. The first-order chi connectivity index (χ1) is 10.8. The summed E-state index contributed by atoms with van der Waals surface area (Å²) in [6, 6.07) is 10.1. The molecule has 0 radical (unpaired) electrons. The molecule has 2 heterocycles. The molecule has 0 saturated heterocycles. The maximum absolute atomic E-state index is 13.7. The number of tetrazole rings is 1. The van der Waals surface area contributed by atoms with Gasteiger partial charge >= 0.3 is 0 Å². The van der Waals surface area contributed by atoms with Crippen LogP contribution in [0.2, 0.25) is 0 Å². The molecule has 3 aromatic rings. The summed E-state index contributed by atoms with van der Waals surface area (Å²) in [5, 5.41) is 14.6. The number of aromatic nitrogens is 4. The predicted octanol–water partition coefficient (Wildman–Crippen LogP) is 3.09. The topological polar surface area (TPSA) is 68.8 Å². The highest BCUT2D eigenvalue weighted by Gasteiger charge is 2.10. The Morgan fingerprint density at radius 3 is 2.91 bits per heavy atom. The molecule has 0 aliphatic heterocycles. The van der Waals surface area contributed by atoms with Gasteiger partial charge in [0.25, 0.3) is 0 Å². The molecule has 0 bridgehead atoms. The van der Waals surface area contributed by atoms with E-state index >= 15 is 0 Å². The zero-order valence-electron chi connectivity index (χ0n) is 12.2. The largest absolute Gasteiger partial charge is 0.459 e. The van der Waals surface area contributed by atoms with Crippen molar-refractivity contribution in [2.75, 3.05) is 5.32 Å². The predicted molar refractivity (Wildman–Crippen MR) is 79.5 cm³/mol.